The molecule has 0 aliphatic rings. The molecule has 0 saturated carbocycles. The van der Waals surface area contributed by atoms with Gasteiger partial charge in [0.25, 0.3) is 0 Å². The largest absolute Gasteiger partial charge is 0.508 e. The van der Waals surface area contributed by atoms with Crippen LogP contribution in [0.15, 0.2) is 47.6 Å². The number of nitrogens with zero attached hydrogens (tertiary/aromatic N) is 1. The van der Waals surface area contributed by atoms with E-state index in [0.29, 0.717) is 5.56 Å². The Balaban J connectivity index is 2.45. The van der Waals surface area contributed by atoms with Crippen LogP contribution in [0.3, 0.4) is 0 Å². The van der Waals surface area contributed by atoms with E-state index in [1.54, 1.807) is 12.1 Å². The average Bonchev–Trinajstić information content (AvgIpc) is 2.38. The third-order valence-corrected chi connectivity index (χ3v) is 2.64. The molecule has 0 fully saturated rings. The van der Waals surface area contributed by atoms with Crippen LogP contribution < -0.4 is 0 Å². The monoisotopic (exact) mass is 241 g/mol. The molecule has 4 nitrogen and oxygen atoms in total. The predicted octanol–water partition coefficient (Wildman–Crippen LogP) is 3.33. The van der Waals surface area contributed by atoms with Gasteiger partial charge in [-0.25, -0.2) is 0 Å². The second kappa shape index (κ2) is 4.79. The number of hydrogen-bond donors (Lipinski definition) is 1. The highest BCUT2D eigenvalue weighted by atomic mass is 16.3. The molecule has 90 valence electrons. The molecule has 0 aliphatic carbocycles. The van der Waals surface area contributed by atoms with Crippen LogP contribution in [0.5, 0.6) is 5.75 Å². The molecule has 2 rings (SSSR count). The summed E-state index contributed by atoms with van der Waals surface area (Å²) in [5.41, 5.74) is 1.66. The van der Waals surface area contributed by atoms with Gasteiger partial charge >= 0.3 is 0 Å². The predicted molar refractivity (Wildman–Crippen MR) is 68.2 cm³/mol. The highest BCUT2D eigenvalue weighted by molar-refractivity contribution is 6.12. The molecule has 0 heterocycles. The fourth-order valence-electron chi connectivity index (χ4n) is 1.65. The zero-order valence-electron chi connectivity index (χ0n) is 9.75. The maximum absolute atomic E-state index is 12.2. The molecular formula is C14H11NO3. The van der Waals surface area contributed by atoms with Crippen molar-refractivity contribution >= 4 is 11.5 Å². The summed E-state index contributed by atoms with van der Waals surface area (Å²) in [6.45, 7) is 1.92. The van der Waals surface area contributed by atoms with Gasteiger partial charge in [-0.1, -0.05) is 29.8 Å². The Kier molecular flexibility index (Phi) is 3.19. The number of ketones is 1. The van der Waals surface area contributed by atoms with E-state index >= 15 is 0 Å². The van der Waals surface area contributed by atoms with Crippen molar-refractivity contribution in [3.05, 3.63) is 64.1 Å². The van der Waals surface area contributed by atoms with Crippen molar-refractivity contribution in [1.82, 2.24) is 0 Å². The number of nitroso groups, excluding NO2 is 1. The molecule has 0 spiro atoms. The van der Waals surface area contributed by atoms with Crippen molar-refractivity contribution in [2.45, 2.75) is 6.92 Å². The van der Waals surface area contributed by atoms with Crippen LogP contribution in [0.4, 0.5) is 5.69 Å². The number of phenolic OH excluding ortho intramolecular Hbond substituents is 1. The molecule has 2 aromatic rings. The molecule has 0 radical (unpaired) electrons. The van der Waals surface area contributed by atoms with Gasteiger partial charge in [-0.2, -0.15) is 0 Å². The van der Waals surface area contributed by atoms with Gasteiger partial charge in [0.15, 0.2) is 5.78 Å². The second-order valence-corrected chi connectivity index (χ2v) is 3.99. The Bertz CT molecular complexity index is 603. The van der Waals surface area contributed by atoms with Gasteiger partial charge in [-0.15, -0.1) is 4.91 Å². The van der Waals surface area contributed by atoms with Crippen LogP contribution >= 0.6 is 0 Å². The molecule has 0 aromatic heterocycles. The minimum atomic E-state index is -0.287. The van der Waals surface area contributed by atoms with E-state index in [1.807, 2.05) is 19.1 Å². The van der Waals surface area contributed by atoms with Crippen molar-refractivity contribution in [2.24, 2.45) is 5.18 Å². The smallest absolute Gasteiger partial charge is 0.195 e. The van der Waals surface area contributed by atoms with E-state index in [1.165, 1.54) is 18.2 Å². The summed E-state index contributed by atoms with van der Waals surface area (Å²) >= 11 is 0. The van der Waals surface area contributed by atoms with Crippen LogP contribution in [0.25, 0.3) is 0 Å². The van der Waals surface area contributed by atoms with Crippen molar-refractivity contribution < 1.29 is 9.90 Å². The van der Waals surface area contributed by atoms with Gasteiger partial charge in [-0.05, 0) is 24.2 Å². The fourth-order valence-corrected chi connectivity index (χ4v) is 1.65. The fraction of sp³-hybridized carbons (Fsp3) is 0.0714. The van der Waals surface area contributed by atoms with Gasteiger partial charge in [0, 0.05) is 11.6 Å². The van der Waals surface area contributed by atoms with E-state index in [4.69, 9.17) is 0 Å². The van der Waals surface area contributed by atoms with Gasteiger partial charge in [0.2, 0.25) is 0 Å². The van der Waals surface area contributed by atoms with Crippen LogP contribution in [-0.4, -0.2) is 10.9 Å². The molecule has 18 heavy (non-hydrogen) atoms. The summed E-state index contributed by atoms with van der Waals surface area (Å²) < 4.78 is 0. The zero-order chi connectivity index (χ0) is 13.1. The zero-order valence-corrected chi connectivity index (χ0v) is 9.75. The van der Waals surface area contributed by atoms with Gasteiger partial charge in [-0.3, -0.25) is 4.79 Å². The third-order valence-electron chi connectivity index (χ3n) is 2.64. The number of phenols is 1. The summed E-state index contributed by atoms with van der Waals surface area (Å²) in [6, 6.07) is 11.0. The van der Waals surface area contributed by atoms with Gasteiger partial charge < -0.3 is 5.11 Å². The molecule has 0 amide bonds. The highest BCUT2D eigenvalue weighted by Crippen LogP contribution is 2.26. The highest BCUT2D eigenvalue weighted by Gasteiger charge is 2.14. The Hall–Kier alpha value is -2.49. The lowest BCUT2D eigenvalue weighted by Gasteiger charge is -2.04. The van der Waals surface area contributed by atoms with E-state index in [0.717, 1.165) is 5.56 Å². The first-order valence-electron chi connectivity index (χ1n) is 5.39. The number of aryl methyl sites for hydroxylation is 1. The van der Waals surface area contributed by atoms with Gasteiger partial charge in [0.1, 0.15) is 11.4 Å². The molecule has 2 aromatic carbocycles. The van der Waals surface area contributed by atoms with Crippen molar-refractivity contribution in [3.63, 3.8) is 0 Å². The van der Waals surface area contributed by atoms with Crippen molar-refractivity contribution in [1.29, 1.82) is 0 Å². The molecule has 0 bridgehead atoms. The Morgan fingerprint density at radius 2 is 1.78 bits per heavy atom. The molecular weight excluding hydrogens is 230 g/mol. The van der Waals surface area contributed by atoms with E-state index < -0.39 is 0 Å². The lowest BCUT2D eigenvalue weighted by atomic mass is 10.0. The number of hydrogen-bond acceptors (Lipinski definition) is 4. The summed E-state index contributed by atoms with van der Waals surface area (Å²) in [6.07, 6.45) is 0. The van der Waals surface area contributed by atoms with Crippen LogP contribution in [0, 0.1) is 11.8 Å². The Morgan fingerprint density at radius 3 is 2.39 bits per heavy atom. The first kappa shape index (κ1) is 12.0. The quantitative estimate of drug-likeness (QED) is 0.662. The maximum Gasteiger partial charge on any atom is 0.195 e. The molecule has 0 aliphatic heterocycles. The van der Waals surface area contributed by atoms with Crippen LogP contribution in [0.2, 0.25) is 0 Å². The number of carbonyl (C=O) groups is 1. The first-order valence-corrected chi connectivity index (χ1v) is 5.39. The Morgan fingerprint density at radius 1 is 1.11 bits per heavy atom. The Labute approximate surface area is 104 Å². The summed E-state index contributed by atoms with van der Waals surface area (Å²) in [4.78, 5) is 22.8. The molecule has 1 N–H and O–H groups in total. The van der Waals surface area contributed by atoms with E-state index in [2.05, 4.69) is 5.18 Å². The second-order valence-electron chi connectivity index (χ2n) is 3.99. The average molecular weight is 241 g/mol. The normalized spacial score (nSPS) is 10.1. The van der Waals surface area contributed by atoms with E-state index in [9.17, 15) is 14.8 Å². The SMILES string of the molecule is Cc1ccc(C(=O)c2ccc(O)cc2N=O)cc1. The summed E-state index contributed by atoms with van der Waals surface area (Å²) in [5.74, 6) is -0.380. The lowest BCUT2D eigenvalue weighted by molar-refractivity contribution is 0.103. The number of aromatic hydroxyl groups is 1. The van der Waals surface area contributed by atoms with E-state index in [-0.39, 0.29) is 22.8 Å². The summed E-state index contributed by atoms with van der Waals surface area (Å²) in [7, 11) is 0. The molecule has 4 heteroatoms. The van der Waals surface area contributed by atoms with Crippen molar-refractivity contribution in [2.75, 3.05) is 0 Å². The lowest BCUT2D eigenvalue weighted by Crippen LogP contribution is -2.01. The molecule has 0 atom stereocenters. The standard InChI is InChI=1S/C14H11NO3/c1-9-2-4-10(5-3-9)14(17)12-7-6-11(16)8-13(12)15-18/h2-8,16H,1H3. The minimum absolute atomic E-state index is 0.0550. The molecule has 0 saturated heterocycles. The number of benzene rings is 2. The first-order chi connectivity index (χ1) is 8.61. The minimum Gasteiger partial charge on any atom is -0.508 e. The topological polar surface area (TPSA) is 66.7 Å². The maximum atomic E-state index is 12.2. The third kappa shape index (κ3) is 2.27. The van der Waals surface area contributed by atoms with Crippen LogP contribution in [-0.2, 0) is 0 Å². The number of carbonyl (C=O) groups excluding carboxylic acids is 1. The van der Waals surface area contributed by atoms with Gasteiger partial charge in [0.05, 0.1) is 5.56 Å². The molecule has 0 unspecified atom stereocenters. The van der Waals surface area contributed by atoms with Crippen molar-refractivity contribution in [3.8, 4) is 5.75 Å². The number of rotatable bonds is 3. The van der Waals surface area contributed by atoms with Crippen LogP contribution in [0.1, 0.15) is 21.5 Å². The summed E-state index contributed by atoms with van der Waals surface area (Å²) in [5, 5.41) is 12.0.